The standard InChI is InChI=1S/C29H32ClF3N6O3/c30-22-14-19(29(31,32)33)5-7-24(22)35-25(40)16-38-20(6-4-17-8-11-34-23-3-1-2-21(17)23)15-26(41)39-28(38)36-27(37-39)18-9-12-42-13-10-18/h5,7,9,14-15,17,21,23,34H,1-4,6,8,10-13,16H2,(H,35,40). The normalized spacial score (nSPS) is 22.7. The molecule has 3 aromatic rings. The molecular formula is C29H32ClF3N6O3. The summed E-state index contributed by atoms with van der Waals surface area (Å²) in [7, 11) is 0. The van der Waals surface area contributed by atoms with Crippen LogP contribution in [0.4, 0.5) is 18.9 Å². The first-order chi connectivity index (χ1) is 20.2. The van der Waals surface area contributed by atoms with E-state index in [2.05, 4.69) is 20.7 Å². The van der Waals surface area contributed by atoms with Crippen molar-refractivity contribution >= 4 is 34.5 Å². The van der Waals surface area contributed by atoms with Gasteiger partial charge in [0.1, 0.15) is 6.54 Å². The number of fused-ring (bicyclic) bond motifs is 2. The maximum Gasteiger partial charge on any atom is 0.416 e. The zero-order chi connectivity index (χ0) is 29.4. The van der Waals surface area contributed by atoms with Gasteiger partial charge in [0, 0.05) is 17.8 Å². The van der Waals surface area contributed by atoms with Crippen LogP contribution in [0.2, 0.25) is 5.02 Å². The van der Waals surface area contributed by atoms with Crippen LogP contribution in [-0.2, 0) is 28.7 Å². The molecule has 4 heterocycles. The molecule has 224 valence electrons. The Bertz CT molecular complexity index is 1580. The zero-order valence-corrected chi connectivity index (χ0v) is 23.7. The molecule has 1 aromatic carbocycles. The Hall–Kier alpha value is -3.22. The van der Waals surface area contributed by atoms with Crippen molar-refractivity contribution in [1.29, 1.82) is 0 Å². The number of carbonyl (C=O) groups is 1. The van der Waals surface area contributed by atoms with E-state index in [0.29, 0.717) is 55.5 Å². The Morgan fingerprint density at radius 1 is 1.21 bits per heavy atom. The second-order valence-corrected chi connectivity index (χ2v) is 11.7. The first kappa shape index (κ1) is 28.9. The Labute approximate surface area is 245 Å². The van der Waals surface area contributed by atoms with E-state index in [9.17, 15) is 22.8 Å². The van der Waals surface area contributed by atoms with E-state index in [1.54, 1.807) is 4.57 Å². The van der Waals surface area contributed by atoms with E-state index in [0.717, 1.165) is 43.2 Å². The Morgan fingerprint density at radius 3 is 2.83 bits per heavy atom. The van der Waals surface area contributed by atoms with Gasteiger partial charge in [-0.15, -0.1) is 5.10 Å². The molecule has 13 heteroatoms. The Balaban J connectivity index is 1.31. The van der Waals surface area contributed by atoms with Crippen LogP contribution < -0.4 is 16.2 Å². The quantitative estimate of drug-likeness (QED) is 0.405. The molecule has 1 saturated carbocycles. The number of rotatable bonds is 7. The van der Waals surface area contributed by atoms with Gasteiger partial charge in [-0.2, -0.15) is 22.7 Å². The summed E-state index contributed by atoms with van der Waals surface area (Å²) >= 11 is 6.09. The molecule has 2 N–H and O–H groups in total. The van der Waals surface area contributed by atoms with Gasteiger partial charge in [-0.3, -0.25) is 9.59 Å². The van der Waals surface area contributed by atoms with E-state index < -0.39 is 17.6 Å². The highest BCUT2D eigenvalue weighted by Gasteiger charge is 2.36. The summed E-state index contributed by atoms with van der Waals surface area (Å²) in [6, 6.07) is 4.83. The molecule has 0 spiro atoms. The van der Waals surface area contributed by atoms with Crippen LogP contribution in [0.25, 0.3) is 11.4 Å². The number of hydrogen-bond acceptors (Lipinski definition) is 6. The highest BCUT2D eigenvalue weighted by atomic mass is 35.5. The van der Waals surface area contributed by atoms with Crippen LogP contribution in [0.5, 0.6) is 0 Å². The lowest BCUT2D eigenvalue weighted by molar-refractivity contribution is -0.137. The number of carbonyl (C=O) groups excluding carboxylic acids is 1. The minimum atomic E-state index is -4.55. The second kappa shape index (κ2) is 11.8. The molecular weight excluding hydrogens is 573 g/mol. The van der Waals surface area contributed by atoms with Crippen LogP contribution in [0.15, 0.2) is 35.1 Å². The van der Waals surface area contributed by atoms with Crippen molar-refractivity contribution in [2.75, 3.05) is 25.1 Å². The van der Waals surface area contributed by atoms with E-state index in [1.165, 1.54) is 29.8 Å². The van der Waals surface area contributed by atoms with Crippen molar-refractivity contribution in [2.24, 2.45) is 11.8 Å². The molecule has 3 aliphatic rings. The highest BCUT2D eigenvalue weighted by molar-refractivity contribution is 6.33. The average Bonchev–Trinajstić information content (AvgIpc) is 3.63. The van der Waals surface area contributed by atoms with Crippen LogP contribution in [-0.4, -0.2) is 50.9 Å². The van der Waals surface area contributed by atoms with Crippen LogP contribution in [0.3, 0.4) is 0 Å². The maximum atomic E-state index is 13.3. The Morgan fingerprint density at radius 2 is 2.07 bits per heavy atom. The topological polar surface area (TPSA) is 103 Å². The molecule has 2 aliphatic heterocycles. The minimum absolute atomic E-state index is 0.0600. The predicted molar refractivity (Wildman–Crippen MR) is 151 cm³/mol. The van der Waals surface area contributed by atoms with Gasteiger partial charge in [0.15, 0.2) is 5.82 Å². The van der Waals surface area contributed by atoms with Gasteiger partial charge >= 0.3 is 6.18 Å². The monoisotopic (exact) mass is 604 g/mol. The summed E-state index contributed by atoms with van der Waals surface area (Å²) in [5.74, 6) is 1.24. The first-order valence-electron chi connectivity index (χ1n) is 14.3. The average molecular weight is 605 g/mol. The van der Waals surface area contributed by atoms with Gasteiger partial charge in [0.05, 0.1) is 29.5 Å². The van der Waals surface area contributed by atoms with E-state index in [-0.39, 0.29) is 28.6 Å². The van der Waals surface area contributed by atoms with Gasteiger partial charge in [-0.1, -0.05) is 24.1 Å². The summed E-state index contributed by atoms with van der Waals surface area (Å²) in [4.78, 5) is 31.1. The number of halogens is 4. The summed E-state index contributed by atoms with van der Waals surface area (Å²) in [6.45, 7) is 1.69. The lowest BCUT2D eigenvalue weighted by Gasteiger charge is -2.35. The third-order valence-electron chi connectivity index (χ3n) is 8.67. The van der Waals surface area contributed by atoms with Crippen molar-refractivity contribution in [3.05, 3.63) is 62.8 Å². The van der Waals surface area contributed by atoms with Gasteiger partial charge < -0.3 is 19.9 Å². The Kier molecular flexibility index (Phi) is 8.12. The summed E-state index contributed by atoms with van der Waals surface area (Å²) in [5, 5.41) is 10.5. The molecule has 0 radical (unpaired) electrons. The molecule has 9 nitrogen and oxygen atoms in total. The highest BCUT2D eigenvalue weighted by Crippen LogP contribution is 2.38. The number of benzene rings is 1. The minimum Gasteiger partial charge on any atom is -0.377 e. The molecule has 1 amide bonds. The predicted octanol–water partition coefficient (Wildman–Crippen LogP) is 4.72. The fraction of sp³-hybridized carbons (Fsp3) is 0.517. The van der Waals surface area contributed by atoms with Crippen molar-refractivity contribution in [2.45, 2.75) is 63.7 Å². The zero-order valence-electron chi connectivity index (χ0n) is 22.9. The lowest BCUT2D eigenvalue weighted by atomic mass is 9.79. The summed E-state index contributed by atoms with van der Waals surface area (Å²) in [6.07, 6.45) is 4.02. The third kappa shape index (κ3) is 5.97. The van der Waals surface area contributed by atoms with Crippen molar-refractivity contribution in [3.8, 4) is 0 Å². The SMILES string of the molecule is O=C(Cn1c(CCC2CCNC3CCCC23)cc(=O)n2nc(C3=CCOCC3)nc12)Nc1ccc(C(F)(F)F)cc1Cl. The molecule has 6 rings (SSSR count). The smallest absolute Gasteiger partial charge is 0.377 e. The fourth-order valence-electron chi connectivity index (χ4n) is 6.57. The van der Waals surface area contributed by atoms with Gasteiger partial charge in [0.25, 0.3) is 5.56 Å². The van der Waals surface area contributed by atoms with Crippen LogP contribution in [0, 0.1) is 11.8 Å². The molecule has 2 aromatic heterocycles. The molecule has 3 atom stereocenters. The number of ether oxygens (including phenoxy) is 1. The number of nitrogens with one attached hydrogen (secondary N) is 2. The van der Waals surface area contributed by atoms with Gasteiger partial charge in [0.2, 0.25) is 11.7 Å². The molecule has 1 saturated heterocycles. The van der Waals surface area contributed by atoms with Crippen molar-refractivity contribution in [3.63, 3.8) is 0 Å². The number of piperidine rings is 1. The number of aromatic nitrogens is 4. The molecule has 2 fully saturated rings. The third-order valence-corrected chi connectivity index (χ3v) is 8.98. The number of nitrogens with zero attached hydrogens (tertiary/aromatic N) is 4. The molecule has 3 unspecified atom stereocenters. The van der Waals surface area contributed by atoms with E-state index in [1.807, 2.05) is 6.08 Å². The number of anilines is 1. The number of alkyl halides is 3. The number of aryl methyl sites for hydroxylation is 1. The summed E-state index contributed by atoms with van der Waals surface area (Å²) < 4.78 is 47.5. The molecule has 1 aliphatic carbocycles. The van der Waals surface area contributed by atoms with Gasteiger partial charge in [-0.05, 0) is 80.7 Å². The van der Waals surface area contributed by atoms with E-state index in [4.69, 9.17) is 16.3 Å². The second-order valence-electron chi connectivity index (χ2n) is 11.2. The fourth-order valence-corrected chi connectivity index (χ4v) is 6.80. The number of hydrogen-bond donors (Lipinski definition) is 2. The van der Waals surface area contributed by atoms with Crippen LogP contribution >= 0.6 is 11.6 Å². The molecule has 42 heavy (non-hydrogen) atoms. The molecule has 0 bridgehead atoms. The first-order valence-corrected chi connectivity index (χ1v) is 14.7. The van der Waals surface area contributed by atoms with Crippen molar-refractivity contribution < 1.29 is 22.7 Å². The van der Waals surface area contributed by atoms with Crippen LogP contribution in [0.1, 0.15) is 55.6 Å². The maximum absolute atomic E-state index is 13.3. The summed E-state index contributed by atoms with van der Waals surface area (Å²) in [5.41, 5.74) is 0.341. The van der Waals surface area contributed by atoms with Crippen molar-refractivity contribution in [1.82, 2.24) is 24.5 Å². The van der Waals surface area contributed by atoms with E-state index >= 15 is 0 Å². The van der Waals surface area contributed by atoms with Gasteiger partial charge in [-0.25, -0.2) is 0 Å². The number of amides is 1. The lowest BCUT2D eigenvalue weighted by Crippen LogP contribution is -2.43. The largest absolute Gasteiger partial charge is 0.416 e.